The molecule has 1 aliphatic carbocycles. The molecular weight excluding hydrogens is 234 g/mol. The number of hydrogen-bond donors (Lipinski definition) is 2. The zero-order chi connectivity index (χ0) is 12.3. The van der Waals surface area contributed by atoms with Crippen molar-refractivity contribution >= 4 is 17.2 Å². The Bertz CT molecular complexity index is 387. The molecule has 0 radical (unpaired) electrons. The van der Waals surface area contributed by atoms with E-state index >= 15 is 0 Å². The molecule has 0 saturated heterocycles. The summed E-state index contributed by atoms with van der Waals surface area (Å²) in [7, 11) is 0. The highest BCUT2D eigenvalue weighted by atomic mass is 32.1. The molecular formula is C12H19N3OS. The van der Waals surface area contributed by atoms with Crippen LogP contribution in [0.25, 0.3) is 0 Å². The van der Waals surface area contributed by atoms with Crippen molar-refractivity contribution in [1.82, 2.24) is 15.6 Å². The summed E-state index contributed by atoms with van der Waals surface area (Å²) in [5.74, 6) is 0.0958. The van der Waals surface area contributed by atoms with E-state index in [9.17, 15) is 4.79 Å². The van der Waals surface area contributed by atoms with Gasteiger partial charge in [0.25, 0.3) is 0 Å². The number of carbonyl (C=O) groups excluding carboxylic acids is 1. The standard InChI is InChI=1S/C12H19N3OS/c1-8-7-17-12(14-8)9(2)15-11(16)5-6-13-10-3-4-10/h7,9-10,13H,3-6H2,1-2H3,(H,15,16). The molecule has 2 N–H and O–H groups in total. The Hall–Kier alpha value is -0.940. The van der Waals surface area contributed by atoms with Crippen LogP contribution in [-0.4, -0.2) is 23.5 Å². The molecule has 17 heavy (non-hydrogen) atoms. The fourth-order valence-electron chi connectivity index (χ4n) is 1.62. The van der Waals surface area contributed by atoms with Crippen LogP contribution in [0.5, 0.6) is 0 Å². The van der Waals surface area contributed by atoms with E-state index in [0.29, 0.717) is 12.5 Å². The van der Waals surface area contributed by atoms with Crippen molar-refractivity contribution in [2.24, 2.45) is 0 Å². The summed E-state index contributed by atoms with van der Waals surface area (Å²) >= 11 is 1.60. The van der Waals surface area contributed by atoms with Crippen LogP contribution in [0.4, 0.5) is 0 Å². The highest BCUT2D eigenvalue weighted by molar-refractivity contribution is 7.09. The third-order valence-electron chi connectivity index (χ3n) is 2.75. The lowest BCUT2D eigenvalue weighted by molar-refractivity contribution is -0.121. The first-order chi connectivity index (χ1) is 8.15. The second-order valence-electron chi connectivity index (χ2n) is 4.59. The zero-order valence-electron chi connectivity index (χ0n) is 10.3. The Morgan fingerprint density at radius 3 is 3.00 bits per heavy atom. The quantitative estimate of drug-likeness (QED) is 0.812. The summed E-state index contributed by atoms with van der Waals surface area (Å²) in [6, 6.07) is 0.684. The predicted octanol–water partition coefficient (Wildman–Crippen LogP) is 1.77. The fourth-order valence-corrected chi connectivity index (χ4v) is 2.43. The van der Waals surface area contributed by atoms with E-state index in [-0.39, 0.29) is 11.9 Å². The monoisotopic (exact) mass is 253 g/mol. The number of nitrogens with zero attached hydrogens (tertiary/aromatic N) is 1. The van der Waals surface area contributed by atoms with Crippen molar-refractivity contribution in [1.29, 1.82) is 0 Å². The molecule has 94 valence electrons. The number of hydrogen-bond acceptors (Lipinski definition) is 4. The molecule has 0 aliphatic heterocycles. The van der Waals surface area contributed by atoms with Gasteiger partial charge in [0.2, 0.25) is 5.91 Å². The minimum Gasteiger partial charge on any atom is -0.347 e. The van der Waals surface area contributed by atoms with Gasteiger partial charge in [-0.2, -0.15) is 0 Å². The van der Waals surface area contributed by atoms with Gasteiger partial charge in [0.1, 0.15) is 5.01 Å². The van der Waals surface area contributed by atoms with Gasteiger partial charge in [-0.3, -0.25) is 4.79 Å². The fraction of sp³-hybridized carbons (Fsp3) is 0.667. The van der Waals surface area contributed by atoms with Crippen LogP contribution >= 0.6 is 11.3 Å². The second kappa shape index (κ2) is 5.60. The third kappa shape index (κ3) is 4.09. The maximum absolute atomic E-state index is 11.7. The largest absolute Gasteiger partial charge is 0.347 e. The number of amides is 1. The van der Waals surface area contributed by atoms with Crippen molar-refractivity contribution in [2.45, 2.75) is 45.2 Å². The maximum Gasteiger partial charge on any atom is 0.221 e. The van der Waals surface area contributed by atoms with Gasteiger partial charge >= 0.3 is 0 Å². The highest BCUT2D eigenvalue weighted by Crippen LogP contribution is 2.19. The van der Waals surface area contributed by atoms with Crippen molar-refractivity contribution in [3.05, 3.63) is 16.1 Å². The van der Waals surface area contributed by atoms with E-state index in [1.54, 1.807) is 11.3 Å². The topological polar surface area (TPSA) is 54.0 Å². The highest BCUT2D eigenvalue weighted by Gasteiger charge is 2.20. The molecule has 5 heteroatoms. The van der Waals surface area contributed by atoms with Crippen LogP contribution in [0.15, 0.2) is 5.38 Å². The van der Waals surface area contributed by atoms with Gasteiger partial charge in [-0.15, -0.1) is 11.3 Å². The Labute approximate surface area is 106 Å². The van der Waals surface area contributed by atoms with Gasteiger partial charge in [0.15, 0.2) is 0 Å². The van der Waals surface area contributed by atoms with Crippen LogP contribution in [-0.2, 0) is 4.79 Å². The Morgan fingerprint density at radius 1 is 1.65 bits per heavy atom. The van der Waals surface area contributed by atoms with E-state index in [4.69, 9.17) is 0 Å². The number of rotatable bonds is 6. The Balaban J connectivity index is 1.69. The zero-order valence-corrected chi connectivity index (χ0v) is 11.1. The van der Waals surface area contributed by atoms with Gasteiger partial charge in [0, 0.05) is 30.1 Å². The normalized spacial score (nSPS) is 16.8. The van der Waals surface area contributed by atoms with Crippen molar-refractivity contribution in [2.75, 3.05) is 6.54 Å². The predicted molar refractivity (Wildman–Crippen MR) is 69.1 cm³/mol. The summed E-state index contributed by atoms with van der Waals surface area (Å²) in [5.41, 5.74) is 1.02. The first-order valence-electron chi connectivity index (χ1n) is 6.10. The molecule has 1 atom stereocenters. The van der Waals surface area contributed by atoms with Crippen molar-refractivity contribution < 1.29 is 4.79 Å². The van der Waals surface area contributed by atoms with Crippen LogP contribution in [0.3, 0.4) is 0 Å². The van der Waals surface area contributed by atoms with Crippen molar-refractivity contribution in [3.63, 3.8) is 0 Å². The van der Waals surface area contributed by atoms with Crippen LogP contribution in [0, 0.1) is 6.92 Å². The summed E-state index contributed by atoms with van der Waals surface area (Å²) in [6.45, 7) is 4.72. The van der Waals surface area contributed by atoms with E-state index < -0.39 is 0 Å². The van der Waals surface area contributed by atoms with Crippen molar-refractivity contribution in [3.8, 4) is 0 Å². The summed E-state index contributed by atoms with van der Waals surface area (Å²) in [4.78, 5) is 16.0. The SMILES string of the molecule is Cc1csc(C(C)NC(=O)CCNC2CC2)n1. The molecule has 0 bridgehead atoms. The van der Waals surface area contributed by atoms with E-state index in [1.807, 2.05) is 19.2 Å². The first kappa shape index (κ1) is 12.5. The molecule has 1 aromatic rings. The lowest BCUT2D eigenvalue weighted by atomic mass is 10.3. The van der Waals surface area contributed by atoms with E-state index in [0.717, 1.165) is 17.2 Å². The molecule has 1 unspecified atom stereocenters. The van der Waals surface area contributed by atoms with E-state index in [2.05, 4.69) is 15.6 Å². The molecule has 0 aromatic carbocycles. The van der Waals surface area contributed by atoms with E-state index in [1.165, 1.54) is 12.8 Å². The molecule has 1 amide bonds. The van der Waals surface area contributed by atoms with Gasteiger partial charge in [-0.1, -0.05) is 0 Å². The molecule has 1 saturated carbocycles. The molecule has 0 spiro atoms. The number of aryl methyl sites for hydroxylation is 1. The minimum absolute atomic E-state index is 0.0159. The molecule has 1 aromatic heterocycles. The third-order valence-corrected chi connectivity index (χ3v) is 3.89. The maximum atomic E-state index is 11.7. The number of carbonyl (C=O) groups is 1. The number of thiazole rings is 1. The number of aromatic nitrogens is 1. The molecule has 1 aliphatic rings. The smallest absolute Gasteiger partial charge is 0.221 e. The second-order valence-corrected chi connectivity index (χ2v) is 5.48. The lowest BCUT2D eigenvalue weighted by Gasteiger charge is -2.11. The summed E-state index contributed by atoms with van der Waals surface area (Å²) in [5, 5.41) is 9.29. The molecule has 1 heterocycles. The van der Waals surface area contributed by atoms with Crippen LogP contribution in [0.1, 0.15) is 42.9 Å². The van der Waals surface area contributed by atoms with Gasteiger partial charge < -0.3 is 10.6 Å². The minimum atomic E-state index is 0.0159. The molecule has 1 fully saturated rings. The van der Waals surface area contributed by atoms with Crippen LogP contribution < -0.4 is 10.6 Å². The average Bonchev–Trinajstić information content (AvgIpc) is 2.99. The molecule has 4 nitrogen and oxygen atoms in total. The van der Waals surface area contributed by atoms with Crippen LogP contribution in [0.2, 0.25) is 0 Å². The lowest BCUT2D eigenvalue weighted by Crippen LogP contribution is -2.30. The Kier molecular flexibility index (Phi) is 4.12. The summed E-state index contributed by atoms with van der Waals surface area (Å²) < 4.78 is 0. The molecule has 2 rings (SSSR count). The van der Waals surface area contributed by atoms with Gasteiger partial charge in [0.05, 0.1) is 6.04 Å². The summed E-state index contributed by atoms with van der Waals surface area (Å²) in [6.07, 6.45) is 3.07. The average molecular weight is 253 g/mol. The van der Waals surface area contributed by atoms with Gasteiger partial charge in [-0.05, 0) is 26.7 Å². The number of nitrogens with one attached hydrogen (secondary N) is 2. The Morgan fingerprint density at radius 2 is 2.41 bits per heavy atom. The van der Waals surface area contributed by atoms with Gasteiger partial charge in [-0.25, -0.2) is 4.98 Å². The first-order valence-corrected chi connectivity index (χ1v) is 6.98.